The number of hydrogen-bond acceptors (Lipinski definition) is 7. The van der Waals surface area contributed by atoms with E-state index in [1.165, 1.54) is 0 Å². The molecule has 4 rings (SSSR count). The number of amides is 1. The van der Waals surface area contributed by atoms with Gasteiger partial charge in [-0.2, -0.15) is 0 Å². The maximum atomic E-state index is 13.3. The minimum Gasteiger partial charge on any atom is -0.508 e. The topological polar surface area (TPSA) is 158 Å². The standard InChI is InChI=1S/C20H18INO7/c1-6-2-10(21)15(24)13-9(6)4-7-3-8-5-11(23)14(19(22)28)18(27)20(8,29)17(26)12(7)16(13)25/h2,7-8,24-25,27,29H,3-5H2,1H3,(H2,22,28)/t7-,8+,20+/m1/s1. The summed E-state index contributed by atoms with van der Waals surface area (Å²) in [7, 11) is 0. The maximum absolute atomic E-state index is 13.3. The minimum atomic E-state index is -2.53. The quantitative estimate of drug-likeness (QED) is 0.281. The van der Waals surface area contributed by atoms with Gasteiger partial charge in [0.15, 0.2) is 11.4 Å². The van der Waals surface area contributed by atoms with Crippen LogP contribution in [0.3, 0.4) is 0 Å². The smallest absolute Gasteiger partial charge is 0.255 e. The Kier molecular flexibility index (Phi) is 4.32. The Bertz CT molecular complexity index is 1090. The van der Waals surface area contributed by atoms with Crippen molar-refractivity contribution in [1.82, 2.24) is 0 Å². The molecule has 1 fully saturated rings. The van der Waals surface area contributed by atoms with E-state index in [-0.39, 0.29) is 29.7 Å². The summed E-state index contributed by atoms with van der Waals surface area (Å²) in [6.45, 7) is 1.83. The van der Waals surface area contributed by atoms with Crippen molar-refractivity contribution in [1.29, 1.82) is 0 Å². The van der Waals surface area contributed by atoms with Gasteiger partial charge in [-0.3, -0.25) is 14.4 Å². The third-order valence-electron chi connectivity index (χ3n) is 6.24. The molecular formula is C20H18INO7. The van der Waals surface area contributed by atoms with E-state index < -0.39 is 52.0 Å². The van der Waals surface area contributed by atoms with Crippen LogP contribution in [-0.2, 0) is 20.8 Å². The lowest BCUT2D eigenvalue weighted by molar-refractivity contribution is -0.147. The molecule has 0 aliphatic heterocycles. The molecule has 0 heterocycles. The van der Waals surface area contributed by atoms with Crippen molar-refractivity contribution in [2.75, 3.05) is 0 Å². The highest BCUT2D eigenvalue weighted by molar-refractivity contribution is 14.1. The van der Waals surface area contributed by atoms with Crippen molar-refractivity contribution in [3.8, 4) is 5.75 Å². The van der Waals surface area contributed by atoms with Crippen molar-refractivity contribution >= 4 is 45.8 Å². The Labute approximate surface area is 178 Å². The van der Waals surface area contributed by atoms with Crippen LogP contribution < -0.4 is 5.73 Å². The number of halogens is 1. The first-order chi connectivity index (χ1) is 13.5. The number of hydrogen-bond donors (Lipinski definition) is 5. The van der Waals surface area contributed by atoms with E-state index >= 15 is 0 Å². The van der Waals surface area contributed by atoms with Gasteiger partial charge in [0.05, 0.1) is 9.13 Å². The molecule has 3 aliphatic rings. The predicted octanol–water partition coefficient (Wildman–Crippen LogP) is 1.34. The highest BCUT2D eigenvalue weighted by atomic mass is 127. The molecule has 29 heavy (non-hydrogen) atoms. The van der Waals surface area contributed by atoms with Crippen molar-refractivity contribution in [2.45, 2.75) is 31.8 Å². The number of benzene rings is 1. The average molecular weight is 511 g/mol. The number of primary amides is 1. The molecule has 0 saturated heterocycles. The van der Waals surface area contributed by atoms with Gasteiger partial charge in [0.25, 0.3) is 5.91 Å². The second-order valence-corrected chi connectivity index (χ2v) is 8.95. The molecule has 152 valence electrons. The van der Waals surface area contributed by atoms with Gasteiger partial charge in [0, 0.05) is 17.9 Å². The number of rotatable bonds is 1. The number of ketones is 2. The van der Waals surface area contributed by atoms with Gasteiger partial charge in [-0.15, -0.1) is 0 Å². The summed E-state index contributed by atoms with van der Waals surface area (Å²) < 4.78 is 0.492. The Morgan fingerprint density at radius 2 is 1.90 bits per heavy atom. The summed E-state index contributed by atoms with van der Waals surface area (Å²) in [4.78, 5) is 37.2. The maximum Gasteiger partial charge on any atom is 0.255 e. The van der Waals surface area contributed by atoms with Gasteiger partial charge < -0.3 is 26.2 Å². The molecule has 0 bridgehead atoms. The summed E-state index contributed by atoms with van der Waals surface area (Å²) in [5.41, 5.74) is 3.36. The van der Waals surface area contributed by atoms with Gasteiger partial charge in [-0.25, -0.2) is 0 Å². The van der Waals surface area contributed by atoms with E-state index in [1.54, 1.807) is 6.07 Å². The monoisotopic (exact) mass is 511 g/mol. The third-order valence-corrected chi connectivity index (χ3v) is 7.06. The number of aliphatic hydroxyl groups is 3. The first-order valence-corrected chi connectivity index (χ1v) is 10.1. The van der Waals surface area contributed by atoms with Crippen molar-refractivity contribution < 1.29 is 34.8 Å². The average Bonchev–Trinajstić information content (AvgIpc) is 2.62. The molecule has 0 spiro atoms. The predicted molar refractivity (Wildman–Crippen MR) is 109 cm³/mol. The van der Waals surface area contributed by atoms with E-state index in [9.17, 15) is 34.8 Å². The van der Waals surface area contributed by atoms with Crippen LogP contribution in [-0.4, -0.2) is 43.5 Å². The molecule has 8 nitrogen and oxygen atoms in total. The summed E-state index contributed by atoms with van der Waals surface area (Å²) in [6, 6.07) is 1.77. The van der Waals surface area contributed by atoms with Crippen LogP contribution in [0.2, 0.25) is 0 Å². The summed E-state index contributed by atoms with van der Waals surface area (Å²) in [5.74, 6) is -6.10. The lowest BCUT2D eigenvalue weighted by Gasteiger charge is -2.46. The zero-order chi connectivity index (χ0) is 21.4. The fraction of sp³-hybridized carbons (Fsp3) is 0.350. The van der Waals surface area contributed by atoms with Gasteiger partial charge in [0.2, 0.25) is 5.78 Å². The number of carbonyl (C=O) groups is 3. The molecule has 6 N–H and O–H groups in total. The number of carbonyl (C=O) groups excluding carboxylic acids is 3. The second kappa shape index (κ2) is 6.30. The molecule has 0 aromatic heterocycles. The lowest BCUT2D eigenvalue weighted by atomic mass is 9.59. The first-order valence-electron chi connectivity index (χ1n) is 8.98. The Morgan fingerprint density at radius 1 is 1.24 bits per heavy atom. The summed E-state index contributed by atoms with van der Waals surface area (Å²) in [6.07, 6.45) is 0.138. The van der Waals surface area contributed by atoms with Gasteiger partial charge in [0.1, 0.15) is 22.8 Å². The second-order valence-electron chi connectivity index (χ2n) is 7.78. The Hall–Kier alpha value is -2.40. The Balaban J connectivity index is 1.96. The van der Waals surface area contributed by atoms with Crippen LogP contribution in [0, 0.1) is 22.3 Å². The number of aryl methyl sites for hydroxylation is 1. The minimum absolute atomic E-state index is 0.126. The highest BCUT2D eigenvalue weighted by Crippen LogP contribution is 2.52. The zero-order valence-electron chi connectivity index (χ0n) is 15.3. The van der Waals surface area contributed by atoms with Gasteiger partial charge in [-0.05, 0) is 65.5 Å². The molecule has 1 aromatic carbocycles. The summed E-state index contributed by atoms with van der Waals surface area (Å²) in [5, 5.41) is 43.0. The number of Topliss-reactive ketones (excluding diaryl/α,β-unsaturated/α-hetero) is 2. The molecule has 0 unspecified atom stereocenters. The van der Waals surface area contributed by atoms with Crippen molar-refractivity contribution in [3.05, 3.63) is 43.2 Å². The van der Waals surface area contributed by atoms with Gasteiger partial charge >= 0.3 is 0 Å². The highest BCUT2D eigenvalue weighted by Gasteiger charge is 2.60. The number of phenolic OH excluding ortho intramolecular Hbond substituents is 1. The van der Waals surface area contributed by atoms with E-state index in [2.05, 4.69) is 0 Å². The molecule has 9 heteroatoms. The normalized spacial score (nSPS) is 28.8. The molecule has 1 amide bonds. The van der Waals surface area contributed by atoms with E-state index in [4.69, 9.17) is 5.73 Å². The van der Waals surface area contributed by atoms with E-state index in [0.29, 0.717) is 15.6 Å². The number of fused-ring (bicyclic) bond motifs is 3. The molecule has 3 aliphatic carbocycles. The fourth-order valence-corrected chi connectivity index (χ4v) is 5.57. The van der Waals surface area contributed by atoms with Crippen molar-refractivity contribution in [2.24, 2.45) is 17.6 Å². The fourth-order valence-electron chi connectivity index (χ4n) is 4.83. The molecule has 0 radical (unpaired) electrons. The van der Waals surface area contributed by atoms with Crippen LogP contribution in [0.15, 0.2) is 23.0 Å². The Morgan fingerprint density at radius 3 is 2.52 bits per heavy atom. The molecule has 1 aromatic rings. The number of phenols is 1. The van der Waals surface area contributed by atoms with Crippen molar-refractivity contribution in [3.63, 3.8) is 0 Å². The number of aromatic hydroxyl groups is 1. The summed E-state index contributed by atoms with van der Waals surface area (Å²) >= 11 is 1.91. The van der Waals surface area contributed by atoms with E-state index in [1.807, 2.05) is 29.5 Å². The molecular weight excluding hydrogens is 493 g/mol. The largest absolute Gasteiger partial charge is 0.508 e. The molecule has 1 saturated carbocycles. The number of nitrogens with two attached hydrogens (primary N) is 1. The lowest BCUT2D eigenvalue weighted by Crippen LogP contribution is -2.58. The van der Waals surface area contributed by atoms with Gasteiger partial charge in [-0.1, -0.05) is 0 Å². The first kappa shape index (κ1) is 19.9. The third kappa shape index (κ3) is 2.49. The zero-order valence-corrected chi connectivity index (χ0v) is 17.5. The molecule has 3 atom stereocenters. The van der Waals surface area contributed by atoms with Crippen LogP contribution >= 0.6 is 22.6 Å². The van der Waals surface area contributed by atoms with Crippen LogP contribution in [0.25, 0.3) is 5.76 Å². The van der Waals surface area contributed by atoms with Crippen LogP contribution in [0.4, 0.5) is 0 Å². The van der Waals surface area contributed by atoms with Crippen LogP contribution in [0.1, 0.15) is 29.5 Å². The van der Waals surface area contributed by atoms with Crippen LogP contribution in [0.5, 0.6) is 5.75 Å². The number of aliphatic hydroxyl groups excluding tert-OH is 2. The SMILES string of the molecule is Cc1cc(I)c(O)c2c1C[C@H]1C[C@H]3CC(=O)C(C(N)=O)=C(O)[C@@]3(O)C(=O)C1=C2O. The van der Waals surface area contributed by atoms with E-state index in [0.717, 1.165) is 5.56 Å².